The molecular weight excluding hydrogens is 268 g/mol. The van der Waals surface area contributed by atoms with Crippen molar-refractivity contribution in [2.24, 2.45) is 0 Å². The zero-order chi connectivity index (χ0) is 13.3. The topological polar surface area (TPSA) is 127 Å². The molecule has 1 aromatic rings. The molecule has 0 saturated carbocycles. The number of hydrogen-bond donors (Lipinski definition) is 3. The van der Waals surface area contributed by atoms with E-state index >= 15 is 0 Å². The van der Waals surface area contributed by atoms with Crippen molar-refractivity contribution in [3.8, 4) is 0 Å². The van der Waals surface area contributed by atoms with Gasteiger partial charge in [0, 0.05) is 0 Å². The Morgan fingerprint density at radius 1 is 1.29 bits per heavy atom. The van der Waals surface area contributed by atoms with Crippen molar-refractivity contribution < 1.29 is 21.4 Å². The normalized spacial score (nSPS) is 12.4. The van der Waals surface area contributed by atoms with E-state index in [0.29, 0.717) is 0 Å². The maximum Gasteiger partial charge on any atom is 0.296 e. The Bertz CT molecular complexity index is 621. The zero-order valence-electron chi connectivity index (χ0n) is 8.91. The van der Waals surface area contributed by atoms with Gasteiger partial charge in [-0.05, 0) is 25.1 Å². The van der Waals surface area contributed by atoms with Gasteiger partial charge in [-0.1, -0.05) is 0 Å². The molecule has 0 amide bonds. The number of hydrogen-bond acceptors (Lipinski definition) is 5. The van der Waals surface area contributed by atoms with Gasteiger partial charge in [-0.3, -0.25) is 9.27 Å². The second-order valence-corrected chi connectivity index (χ2v) is 6.63. The third-order valence-corrected chi connectivity index (χ3v) is 4.18. The minimum atomic E-state index is -4.40. The van der Waals surface area contributed by atoms with E-state index in [-0.39, 0.29) is 17.1 Å². The average molecular weight is 280 g/mol. The first kappa shape index (κ1) is 13.7. The molecule has 0 fully saturated rings. The summed E-state index contributed by atoms with van der Waals surface area (Å²) in [5.74, 6) is -0.118. The Morgan fingerprint density at radius 3 is 2.29 bits per heavy atom. The van der Waals surface area contributed by atoms with E-state index in [1.165, 1.54) is 13.0 Å². The lowest BCUT2D eigenvalue weighted by atomic mass is 10.3. The van der Waals surface area contributed by atoms with Crippen molar-refractivity contribution in [1.82, 2.24) is 0 Å². The summed E-state index contributed by atoms with van der Waals surface area (Å²) < 4.78 is 55.2. The van der Waals surface area contributed by atoms with E-state index < -0.39 is 25.0 Å². The van der Waals surface area contributed by atoms with Gasteiger partial charge in [0.1, 0.15) is 4.90 Å². The van der Waals surface area contributed by atoms with Crippen LogP contribution in [0.25, 0.3) is 0 Å². The highest BCUT2D eigenvalue weighted by Gasteiger charge is 2.15. The molecule has 0 spiro atoms. The van der Waals surface area contributed by atoms with Crippen LogP contribution < -0.4 is 10.5 Å². The van der Waals surface area contributed by atoms with Crippen LogP contribution in [0.1, 0.15) is 6.92 Å². The van der Waals surface area contributed by atoms with Crippen molar-refractivity contribution in [3.05, 3.63) is 18.2 Å². The number of nitrogen functional groups attached to an aromatic ring is 1. The third-order valence-electron chi connectivity index (χ3n) is 1.94. The second-order valence-electron chi connectivity index (χ2n) is 3.23. The lowest BCUT2D eigenvalue weighted by molar-refractivity contribution is 0.483. The fourth-order valence-electron chi connectivity index (χ4n) is 1.10. The van der Waals surface area contributed by atoms with Crippen molar-refractivity contribution in [3.63, 3.8) is 0 Å². The van der Waals surface area contributed by atoms with Crippen LogP contribution in [0.4, 0.5) is 11.4 Å². The summed E-state index contributed by atoms with van der Waals surface area (Å²) in [7, 11) is -7.86. The number of anilines is 2. The number of nitrogens with one attached hydrogen (secondary N) is 1. The molecular formula is C8H12N2O5S2. The molecule has 17 heavy (non-hydrogen) atoms. The largest absolute Gasteiger partial charge is 0.398 e. The monoisotopic (exact) mass is 280 g/mol. The Balaban J connectivity index is 3.15. The van der Waals surface area contributed by atoms with Crippen molar-refractivity contribution in [2.45, 2.75) is 11.8 Å². The molecule has 7 nitrogen and oxygen atoms in total. The first-order valence-electron chi connectivity index (χ1n) is 4.53. The van der Waals surface area contributed by atoms with E-state index in [4.69, 9.17) is 10.3 Å². The summed E-state index contributed by atoms with van der Waals surface area (Å²) in [5.41, 5.74) is 5.30. The molecule has 0 radical (unpaired) electrons. The van der Waals surface area contributed by atoms with Crippen LogP contribution >= 0.6 is 0 Å². The molecule has 96 valence electrons. The van der Waals surface area contributed by atoms with Crippen LogP contribution in [0.3, 0.4) is 0 Å². The Kier molecular flexibility index (Phi) is 3.65. The van der Waals surface area contributed by atoms with Crippen LogP contribution in [0.2, 0.25) is 0 Å². The van der Waals surface area contributed by atoms with Gasteiger partial charge in [-0.2, -0.15) is 8.42 Å². The SMILES string of the molecule is CCS(=O)(=O)Nc1ccc(S(=O)(=O)O)c(N)c1. The van der Waals surface area contributed by atoms with Gasteiger partial charge in [-0.15, -0.1) is 0 Å². The van der Waals surface area contributed by atoms with Gasteiger partial charge in [0.2, 0.25) is 10.0 Å². The predicted octanol–water partition coefficient (Wildman–Crippen LogP) is 0.277. The fraction of sp³-hybridized carbons (Fsp3) is 0.250. The summed E-state index contributed by atoms with van der Waals surface area (Å²) in [6.45, 7) is 1.46. The summed E-state index contributed by atoms with van der Waals surface area (Å²) in [6, 6.07) is 3.35. The van der Waals surface area contributed by atoms with Crippen LogP contribution in [0.5, 0.6) is 0 Å². The average Bonchev–Trinajstić information content (AvgIpc) is 2.15. The summed E-state index contributed by atoms with van der Waals surface area (Å²) >= 11 is 0. The molecule has 0 aliphatic heterocycles. The summed E-state index contributed by atoms with van der Waals surface area (Å²) in [4.78, 5) is -0.461. The number of nitrogens with two attached hydrogens (primary N) is 1. The number of sulfonamides is 1. The molecule has 9 heteroatoms. The molecule has 0 aliphatic carbocycles. The van der Waals surface area contributed by atoms with E-state index in [1.54, 1.807) is 0 Å². The smallest absolute Gasteiger partial charge is 0.296 e. The molecule has 0 unspecified atom stereocenters. The van der Waals surface area contributed by atoms with Gasteiger partial charge >= 0.3 is 0 Å². The molecule has 0 atom stereocenters. The predicted molar refractivity (Wildman–Crippen MR) is 63.8 cm³/mol. The number of benzene rings is 1. The Hall–Kier alpha value is -1.32. The van der Waals surface area contributed by atoms with E-state index in [0.717, 1.165) is 12.1 Å². The first-order valence-corrected chi connectivity index (χ1v) is 7.62. The van der Waals surface area contributed by atoms with Crippen molar-refractivity contribution in [1.29, 1.82) is 0 Å². The lowest BCUT2D eigenvalue weighted by Crippen LogP contribution is -2.15. The first-order chi connectivity index (χ1) is 7.65. The van der Waals surface area contributed by atoms with Crippen LogP contribution in [-0.2, 0) is 20.1 Å². The molecule has 0 bridgehead atoms. The second kappa shape index (κ2) is 4.51. The van der Waals surface area contributed by atoms with Gasteiger partial charge in [-0.25, -0.2) is 8.42 Å². The van der Waals surface area contributed by atoms with Crippen LogP contribution in [-0.4, -0.2) is 27.1 Å². The van der Waals surface area contributed by atoms with Crippen molar-refractivity contribution >= 4 is 31.5 Å². The summed E-state index contributed by atoms with van der Waals surface area (Å²) in [6.07, 6.45) is 0. The molecule has 0 heterocycles. The van der Waals surface area contributed by atoms with Gasteiger partial charge < -0.3 is 5.73 Å². The van der Waals surface area contributed by atoms with E-state index in [1.807, 2.05) is 0 Å². The van der Waals surface area contributed by atoms with E-state index in [2.05, 4.69) is 4.72 Å². The highest BCUT2D eigenvalue weighted by molar-refractivity contribution is 7.92. The molecule has 0 saturated heterocycles. The Morgan fingerprint density at radius 2 is 1.88 bits per heavy atom. The van der Waals surface area contributed by atoms with Crippen LogP contribution in [0, 0.1) is 0 Å². The van der Waals surface area contributed by atoms with E-state index in [9.17, 15) is 16.8 Å². The fourth-order valence-corrected chi connectivity index (χ4v) is 2.33. The highest BCUT2D eigenvalue weighted by Crippen LogP contribution is 2.22. The molecule has 4 N–H and O–H groups in total. The maximum atomic E-state index is 11.2. The highest BCUT2D eigenvalue weighted by atomic mass is 32.2. The third kappa shape index (κ3) is 3.58. The minimum absolute atomic E-state index is 0.118. The van der Waals surface area contributed by atoms with Gasteiger partial charge in [0.15, 0.2) is 0 Å². The van der Waals surface area contributed by atoms with Gasteiger partial charge in [0.25, 0.3) is 10.1 Å². The molecule has 1 aromatic carbocycles. The molecule has 0 aliphatic rings. The quantitative estimate of drug-likeness (QED) is 0.537. The standard InChI is InChI=1S/C8H12N2O5S2/c1-2-16(11,12)10-6-3-4-8(7(9)5-6)17(13,14)15/h3-5,10H,2,9H2,1H3,(H,13,14,15). The number of rotatable bonds is 4. The molecule has 0 aromatic heterocycles. The maximum absolute atomic E-state index is 11.2. The minimum Gasteiger partial charge on any atom is -0.398 e. The zero-order valence-corrected chi connectivity index (χ0v) is 10.5. The summed E-state index contributed by atoms with van der Waals surface area (Å²) in [5, 5.41) is 0. The molecule has 1 rings (SSSR count). The van der Waals surface area contributed by atoms with Crippen molar-refractivity contribution in [2.75, 3.05) is 16.2 Å². The van der Waals surface area contributed by atoms with Gasteiger partial charge in [0.05, 0.1) is 17.1 Å². The Labute approximate surface area is 99.4 Å². The lowest BCUT2D eigenvalue weighted by Gasteiger charge is -2.08. The van der Waals surface area contributed by atoms with Crippen LogP contribution in [0.15, 0.2) is 23.1 Å².